The van der Waals surface area contributed by atoms with Gasteiger partial charge < -0.3 is 15.2 Å². The second-order valence-corrected chi connectivity index (χ2v) is 4.91. The third-order valence-electron chi connectivity index (χ3n) is 2.31. The SMILES string of the molecule is Cc1nc(COC(=O)COc2ccccc2N)cs1. The highest BCUT2D eigenvalue weighted by Gasteiger charge is 2.07. The molecule has 19 heavy (non-hydrogen) atoms. The Morgan fingerprint density at radius 3 is 2.89 bits per heavy atom. The fourth-order valence-corrected chi connectivity index (χ4v) is 2.02. The van der Waals surface area contributed by atoms with Crippen LogP contribution in [0, 0.1) is 6.92 Å². The summed E-state index contributed by atoms with van der Waals surface area (Å²) in [6.07, 6.45) is 0. The Labute approximate surface area is 115 Å². The molecule has 0 fully saturated rings. The molecule has 0 bridgehead atoms. The Balaban J connectivity index is 1.77. The van der Waals surface area contributed by atoms with Crippen LogP contribution in [0.25, 0.3) is 0 Å². The van der Waals surface area contributed by atoms with E-state index >= 15 is 0 Å². The number of nitrogens with two attached hydrogens (primary N) is 1. The van der Waals surface area contributed by atoms with Gasteiger partial charge in [-0.15, -0.1) is 11.3 Å². The van der Waals surface area contributed by atoms with Gasteiger partial charge in [0.05, 0.1) is 16.4 Å². The molecule has 2 aromatic rings. The van der Waals surface area contributed by atoms with E-state index in [1.807, 2.05) is 12.3 Å². The second kappa shape index (κ2) is 6.19. The Bertz CT molecular complexity index is 569. The van der Waals surface area contributed by atoms with Gasteiger partial charge in [-0.2, -0.15) is 0 Å². The van der Waals surface area contributed by atoms with Crippen molar-refractivity contribution in [2.75, 3.05) is 12.3 Å². The van der Waals surface area contributed by atoms with Crippen LogP contribution in [0.2, 0.25) is 0 Å². The van der Waals surface area contributed by atoms with Gasteiger partial charge in [-0.1, -0.05) is 12.1 Å². The molecule has 0 aliphatic heterocycles. The fraction of sp³-hybridized carbons (Fsp3) is 0.231. The maximum atomic E-state index is 11.5. The van der Waals surface area contributed by atoms with Gasteiger partial charge in [0.2, 0.25) is 0 Å². The zero-order chi connectivity index (χ0) is 13.7. The highest BCUT2D eigenvalue weighted by atomic mass is 32.1. The highest BCUT2D eigenvalue weighted by molar-refractivity contribution is 7.09. The van der Waals surface area contributed by atoms with Crippen molar-refractivity contribution in [1.82, 2.24) is 4.98 Å². The number of aryl methyl sites for hydroxylation is 1. The average molecular weight is 278 g/mol. The van der Waals surface area contributed by atoms with Crippen LogP contribution in [0.4, 0.5) is 5.69 Å². The second-order valence-electron chi connectivity index (χ2n) is 3.85. The van der Waals surface area contributed by atoms with Crippen LogP contribution in [0.5, 0.6) is 5.75 Å². The lowest BCUT2D eigenvalue weighted by molar-refractivity contribution is -0.147. The van der Waals surface area contributed by atoms with Gasteiger partial charge in [0.25, 0.3) is 0 Å². The number of hydrogen-bond acceptors (Lipinski definition) is 6. The fourth-order valence-electron chi connectivity index (χ4n) is 1.42. The maximum absolute atomic E-state index is 11.5. The van der Waals surface area contributed by atoms with Gasteiger partial charge in [-0.05, 0) is 19.1 Å². The Hall–Kier alpha value is -2.08. The van der Waals surface area contributed by atoms with E-state index < -0.39 is 5.97 Å². The van der Waals surface area contributed by atoms with E-state index in [-0.39, 0.29) is 13.2 Å². The molecule has 0 aliphatic carbocycles. The Morgan fingerprint density at radius 2 is 2.21 bits per heavy atom. The average Bonchev–Trinajstić information content (AvgIpc) is 2.81. The summed E-state index contributed by atoms with van der Waals surface area (Å²) in [6.45, 7) is 1.89. The van der Waals surface area contributed by atoms with Crippen LogP contribution in [-0.4, -0.2) is 17.6 Å². The molecule has 0 radical (unpaired) electrons. The summed E-state index contributed by atoms with van der Waals surface area (Å²) in [5, 5.41) is 2.80. The van der Waals surface area contributed by atoms with Gasteiger partial charge >= 0.3 is 5.97 Å². The van der Waals surface area contributed by atoms with E-state index in [0.29, 0.717) is 11.4 Å². The summed E-state index contributed by atoms with van der Waals surface area (Å²) >= 11 is 1.52. The topological polar surface area (TPSA) is 74.4 Å². The zero-order valence-electron chi connectivity index (χ0n) is 10.5. The molecule has 0 atom stereocenters. The lowest BCUT2D eigenvalue weighted by Crippen LogP contribution is -2.15. The molecule has 0 unspecified atom stereocenters. The number of hydrogen-bond donors (Lipinski definition) is 1. The third kappa shape index (κ3) is 3.96. The first-order chi connectivity index (χ1) is 9.15. The quantitative estimate of drug-likeness (QED) is 0.670. The first kappa shape index (κ1) is 13.4. The Kier molecular flexibility index (Phi) is 4.35. The number of aromatic nitrogens is 1. The molecule has 5 nitrogen and oxygen atoms in total. The van der Waals surface area contributed by atoms with Crippen LogP contribution in [-0.2, 0) is 16.1 Å². The number of rotatable bonds is 5. The predicted molar refractivity (Wildman–Crippen MR) is 73.0 cm³/mol. The smallest absolute Gasteiger partial charge is 0.344 e. The molecular formula is C13H14N2O3S. The van der Waals surface area contributed by atoms with Crippen molar-refractivity contribution in [2.45, 2.75) is 13.5 Å². The van der Waals surface area contributed by atoms with Crippen molar-refractivity contribution >= 4 is 23.0 Å². The largest absolute Gasteiger partial charge is 0.480 e. The van der Waals surface area contributed by atoms with Crippen LogP contribution >= 0.6 is 11.3 Å². The number of thiazole rings is 1. The number of carbonyl (C=O) groups is 1. The third-order valence-corrected chi connectivity index (χ3v) is 3.13. The van der Waals surface area contributed by atoms with Crippen molar-refractivity contribution in [3.05, 3.63) is 40.3 Å². The van der Waals surface area contributed by atoms with Crippen molar-refractivity contribution in [3.63, 3.8) is 0 Å². The molecule has 0 spiro atoms. The van der Waals surface area contributed by atoms with Gasteiger partial charge in [-0.25, -0.2) is 9.78 Å². The molecule has 100 valence electrons. The van der Waals surface area contributed by atoms with Gasteiger partial charge in [0.15, 0.2) is 6.61 Å². The van der Waals surface area contributed by atoms with E-state index in [1.54, 1.807) is 24.3 Å². The number of anilines is 1. The minimum atomic E-state index is -0.450. The van der Waals surface area contributed by atoms with E-state index in [0.717, 1.165) is 10.7 Å². The normalized spacial score (nSPS) is 10.2. The Morgan fingerprint density at radius 1 is 1.42 bits per heavy atom. The van der Waals surface area contributed by atoms with E-state index in [2.05, 4.69) is 4.98 Å². The van der Waals surface area contributed by atoms with Crippen LogP contribution < -0.4 is 10.5 Å². The number of nitrogens with zero attached hydrogens (tertiary/aromatic N) is 1. The molecule has 1 aromatic heterocycles. The van der Waals surface area contributed by atoms with Gasteiger partial charge in [0, 0.05) is 5.38 Å². The molecule has 0 saturated heterocycles. The van der Waals surface area contributed by atoms with Crippen molar-refractivity contribution in [2.24, 2.45) is 0 Å². The summed E-state index contributed by atoms with van der Waals surface area (Å²) in [6, 6.07) is 6.99. The molecule has 0 amide bonds. The molecule has 1 heterocycles. The number of nitrogen functional groups attached to an aromatic ring is 1. The van der Waals surface area contributed by atoms with Gasteiger partial charge in [-0.3, -0.25) is 0 Å². The minimum Gasteiger partial charge on any atom is -0.480 e. The molecular weight excluding hydrogens is 264 g/mol. The number of para-hydroxylation sites is 2. The lowest BCUT2D eigenvalue weighted by atomic mass is 10.3. The van der Waals surface area contributed by atoms with Crippen molar-refractivity contribution in [1.29, 1.82) is 0 Å². The van der Waals surface area contributed by atoms with Gasteiger partial charge in [0.1, 0.15) is 12.4 Å². The number of carbonyl (C=O) groups excluding carboxylic acids is 1. The molecule has 1 aromatic carbocycles. The zero-order valence-corrected chi connectivity index (χ0v) is 11.3. The monoisotopic (exact) mass is 278 g/mol. The molecule has 0 aliphatic rings. The first-order valence-electron chi connectivity index (χ1n) is 5.69. The summed E-state index contributed by atoms with van der Waals surface area (Å²) in [5.74, 6) is 0.0258. The highest BCUT2D eigenvalue weighted by Crippen LogP contribution is 2.19. The molecule has 6 heteroatoms. The first-order valence-corrected chi connectivity index (χ1v) is 6.57. The van der Waals surface area contributed by atoms with Crippen LogP contribution in [0.1, 0.15) is 10.7 Å². The predicted octanol–water partition coefficient (Wildman–Crippen LogP) is 2.16. The standard InChI is InChI=1S/C13H14N2O3S/c1-9-15-10(8-19-9)6-18-13(16)7-17-12-5-3-2-4-11(12)14/h2-5,8H,6-7,14H2,1H3. The van der Waals surface area contributed by atoms with Crippen LogP contribution in [0.15, 0.2) is 29.6 Å². The number of esters is 1. The minimum absolute atomic E-state index is 0.163. The number of benzene rings is 1. The molecule has 2 N–H and O–H groups in total. The number of ether oxygens (including phenoxy) is 2. The lowest BCUT2D eigenvalue weighted by Gasteiger charge is -2.07. The van der Waals surface area contributed by atoms with Crippen molar-refractivity contribution < 1.29 is 14.3 Å². The van der Waals surface area contributed by atoms with E-state index in [4.69, 9.17) is 15.2 Å². The summed E-state index contributed by atoms with van der Waals surface area (Å²) in [4.78, 5) is 15.7. The molecule has 0 saturated carbocycles. The maximum Gasteiger partial charge on any atom is 0.344 e. The van der Waals surface area contributed by atoms with Crippen LogP contribution in [0.3, 0.4) is 0 Å². The van der Waals surface area contributed by atoms with E-state index in [1.165, 1.54) is 11.3 Å². The summed E-state index contributed by atoms with van der Waals surface area (Å²) < 4.78 is 10.3. The molecule has 2 rings (SSSR count). The summed E-state index contributed by atoms with van der Waals surface area (Å²) in [5.41, 5.74) is 6.93. The summed E-state index contributed by atoms with van der Waals surface area (Å²) in [7, 11) is 0. The van der Waals surface area contributed by atoms with E-state index in [9.17, 15) is 4.79 Å². The van der Waals surface area contributed by atoms with Crippen molar-refractivity contribution in [3.8, 4) is 5.75 Å².